The first-order valence-corrected chi connectivity index (χ1v) is 20.7. The summed E-state index contributed by atoms with van der Waals surface area (Å²) in [7, 11) is 0. The number of unbranched alkanes of at least 4 members (excludes halogenated alkanes) is 11. The Kier molecular flexibility index (Phi) is 19.6. The lowest BCUT2D eigenvalue weighted by molar-refractivity contribution is -0.346. The standard InChI is InChI=1S/C39H64N4O16/c1-3-4-5-6-7-8-9-10-11-12-13-14-15-16-25(47)41-28-32(52)29(49)23(56-38(28)59-37-27(40-21(2)45)31(51)30(50)24(20-44)57-37)19-22(46)35-33(53)34(54)36(58-35)43-18-17-26(48)42-39(43)55/h15-18,22-24,27-38,44,46,49-54H,3-14,19-20H2,1-2H3,(H,40,45)(H,41,47)(H,42,48,55)/b16-15+/t22-,23?,24?,27?,28?,29?,30?,31?,32?,33?,34?,35?,36?,37?,38?/m1/s1. The van der Waals surface area contributed by atoms with Gasteiger partial charge < -0.3 is 70.4 Å². The largest absolute Gasteiger partial charge is 0.394 e. The smallest absolute Gasteiger partial charge is 0.330 e. The molecule has 0 bridgehead atoms. The van der Waals surface area contributed by atoms with E-state index in [1.165, 1.54) is 51.0 Å². The summed E-state index contributed by atoms with van der Waals surface area (Å²) in [5.74, 6) is -1.35. The van der Waals surface area contributed by atoms with Crippen molar-refractivity contribution in [1.82, 2.24) is 20.2 Å². The molecule has 3 aliphatic heterocycles. The minimum absolute atomic E-state index is 0.597. The predicted molar refractivity (Wildman–Crippen MR) is 207 cm³/mol. The Morgan fingerprint density at radius 2 is 1.36 bits per heavy atom. The van der Waals surface area contributed by atoms with Gasteiger partial charge in [0.25, 0.3) is 5.56 Å². The van der Waals surface area contributed by atoms with Gasteiger partial charge in [0.2, 0.25) is 11.8 Å². The molecule has 0 aliphatic carbocycles. The number of ether oxygens (including phenoxy) is 4. The molecule has 3 saturated heterocycles. The van der Waals surface area contributed by atoms with Gasteiger partial charge in [-0.25, -0.2) is 4.79 Å². The highest BCUT2D eigenvalue weighted by atomic mass is 16.8. The van der Waals surface area contributed by atoms with Gasteiger partial charge in [0, 0.05) is 25.6 Å². The normalized spacial score (nSPS) is 34.2. The number of nitrogens with one attached hydrogen (secondary N) is 3. The molecule has 0 saturated carbocycles. The van der Waals surface area contributed by atoms with Crippen molar-refractivity contribution in [3.05, 3.63) is 45.3 Å². The Bertz CT molecular complexity index is 1590. The Hall–Kier alpha value is -3.12. The van der Waals surface area contributed by atoms with Gasteiger partial charge in [-0.3, -0.25) is 23.9 Å². The number of carbonyl (C=O) groups excluding carboxylic acids is 2. The molecule has 59 heavy (non-hydrogen) atoms. The number of hydrogen-bond donors (Lipinski definition) is 11. The zero-order valence-corrected chi connectivity index (χ0v) is 33.7. The van der Waals surface area contributed by atoms with Crippen molar-refractivity contribution in [2.24, 2.45) is 0 Å². The lowest BCUT2D eigenvalue weighted by Crippen LogP contribution is -2.68. The molecule has 1 aromatic heterocycles. The summed E-state index contributed by atoms with van der Waals surface area (Å²) in [5, 5.41) is 91.4. The number of amides is 2. The van der Waals surface area contributed by atoms with E-state index in [1.54, 1.807) is 6.08 Å². The van der Waals surface area contributed by atoms with Crippen LogP contribution in [0.4, 0.5) is 0 Å². The number of allylic oxidation sites excluding steroid dienone is 1. The van der Waals surface area contributed by atoms with Crippen LogP contribution in [0.2, 0.25) is 0 Å². The molecule has 336 valence electrons. The van der Waals surface area contributed by atoms with Gasteiger partial charge in [-0.1, -0.05) is 77.2 Å². The predicted octanol–water partition coefficient (Wildman–Crippen LogP) is -1.94. The molecule has 3 aliphatic rings. The van der Waals surface area contributed by atoms with Crippen molar-refractivity contribution >= 4 is 11.8 Å². The van der Waals surface area contributed by atoms with E-state index in [0.717, 1.165) is 49.4 Å². The van der Waals surface area contributed by atoms with Gasteiger partial charge in [0.05, 0.1) is 18.8 Å². The van der Waals surface area contributed by atoms with Gasteiger partial charge in [0.15, 0.2) is 18.8 Å². The Morgan fingerprint density at radius 1 is 0.797 bits per heavy atom. The van der Waals surface area contributed by atoms with Crippen molar-refractivity contribution in [3.8, 4) is 0 Å². The summed E-state index contributed by atoms with van der Waals surface area (Å²) in [6.45, 7) is 2.55. The molecule has 2 amide bonds. The minimum atomic E-state index is -1.85. The lowest BCUT2D eigenvalue weighted by atomic mass is 9.91. The summed E-state index contributed by atoms with van der Waals surface area (Å²) >= 11 is 0. The average molecular weight is 845 g/mol. The van der Waals surface area contributed by atoms with E-state index in [0.29, 0.717) is 6.42 Å². The van der Waals surface area contributed by atoms with Gasteiger partial charge in [0.1, 0.15) is 60.9 Å². The van der Waals surface area contributed by atoms with Crippen molar-refractivity contribution < 1.29 is 69.4 Å². The van der Waals surface area contributed by atoms with Crippen LogP contribution in [0.25, 0.3) is 0 Å². The molecular formula is C39H64N4O16. The highest BCUT2D eigenvalue weighted by molar-refractivity contribution is 5.87. The Balaban J connectivity index is 1.44. The SMILES string of the molecule is CCCCCCCCCCCCC/C=C/C(=O)NC1C(OC2OC(CO)C(O)C(O)C2NC(C)=O)OC(C[C@@H](O)C2OC(n3ccc(=O)[nH]c3=O)C(O)C2O)C(O)C1O. The molecule has 0 aromatic carbocycles. The number of hydrogen-bond acceptors (Lipinski definition) is 16. The molecule has 0 radical (unpaired) electrons. The monoisotopic (exact) mass is 844 g/mol. The second kappa shape index (κ2) is 23.8. The first-order chi connectivity index (χ1) is 28.2. The number of carbonyl (C=O) groups is 2. The van der Waals surface area contributed by atoms with E-state index < -0.39 is 128 Å². The van der Waals surface area contributed by atoms with Crippen LogP contribution in [0.5, 0.6) is 0 Å². The zero-order valence-electron chi connectivity index (χ0n) is 33.7. The number of rotatable bonds is 22. The lowest BCUT2D eigenvalue weighted by Gasteiger charge is -2.47. The van der Waals surface area contributed by atoms with Crippen molar-refractivity contribution in [2.75, 3.05) is 6.61 Å². The summed E-state index contributed by atoms with van der Waals surface area (Å²) < 4.78 is 24.1. The quantitative estimate of drug-likeness (QED) is 0.0447. The second-order valence-electron chi connectivity index (χ2n) is 15.6. The summed E-state index contributed by atoms with van der Waals surface area (Å²) in [5.41, 5.74) is -1.68. The molecule has 15 atom stereocenters. The van der Waals surface area contributed by atoms with Crippen LogP contribution < -0.4 is 21.9 Å². The number of aliphatic hydroxyl groups is 8. The van der Waals surface area contributed by atoms with Gasteiger partial charge >= 0.3 is 5.69 Å². The molecule has 11 N–H and O–H groups in total. The fourth-order valence-electron chi connectivity index (χ4n) is 7.68. The van der Waals surface area contributed by atoms with Crippen molar-refractivity contribution in [3.63, 3.8) is 0 Å². The maximum atomic E-state index is 13.1. The average Bonchev–Trinajstić information content (AvgIpc) is 3.49. The number of H-pyrrole nitrogens is 1. The maximum absolute atomic E-state index is 13.1. The summed E-state index contributed by atoms with van der Waals surface area (Å²) in [4.78, 5) is 51.1. The van der Waals surface area contributed by atoms with E-state index in [9.17, 15) is 60.0 Å². The van der Waals surface area contributed by atoms with Crippen LogP contribution in [-0.2, 0) is 28.5 Å². The topological polar surface area (TPSA) is 312 Å². The minimum Gasteiger partial charge on any atom is -0.394 e. The Labute approximate surface area is 342 Å². The first-order valence-electron chi connectivity index (χ1n) is 20.7. The summed E-state index contributed by atoms with van der Waals surface area (Å²) in [6.07, 6.45) is -5.00. The molecule has 3 fully saturated rings. The van der Waals surface area contributed by atoms with Crippen LogP contribution in [0.3, 0.4) is 0 Å². The molecular weight excluding hydrogens is 780 g/mol. The first kappa shape index (κ1) is 48.5. The van der Waals surface area contributed by atoms with Gasteiger partial charge in [-0.15, -0.1) is 0 Å². The second-order valence-corrected chi connectivity index (χ2v) is 15.6. The molecule has 14 unspecified atom stereocenters. The van der Waals surface area contributed by atoms with Crippen LogP contribution in [0, 0.1) is 0 Å². The van der Waals surface area contributed by atoms with E-state index in [-0.39, 0.29) is 0 Å². The van der Waals surface area contributed by atoms with Crippen molar-refractivity contribution in [1.29, 1.82) is 0 Å². The fourth-order valence-corrected chi connectivity index (χ4v) is 7.68. The number of aliphatic hydroxyl groups excluding tert-OH is 8. The molecule has 4 rings (SSSR count). The summed E-state index contributed by atoms with van der Waals surface area (Å²) in [6, 6.07) is -2.01. The van der Waals surface area contributed by atoms with Gasteiger partial charge in [-0.05, 0) is 18.9 Å². The Morgan fingerprint density at radius 3 is 1.93 bits per heavy atom. The fraction of sp³-hybridized carbons (Fsp3) is 0.795. The van der Waals surface area contributed by atoms with E-state index in [4.69, 9.17) is 18.9 Å². The van der Waals surface area contributed by atoms with E-state index in [1.807, 2.05) is 4.98 Å². The number of nitrogens with zero attached hydrogens (tertiary/aromatic N) is 1. The van der Waals surface area contributed by atoms with Crippen LogP contribution in [-0.4, -0.2) is 155 Å². The van der Waals surface area contributed by atoms with E-state index >= 15 is 0 Å². The molecule has 1 aromatic rings. The number of aromatic amines is 1. The highest BCUT2D eigenvalue weighted by Crippen LogP contribution is 2.34. The third-order valence-electron chi connectivity index (χ3n) is 11.0. The molecule has 20 nitrogen and oxygen atoms in total. The maximum Gasteiger partial charge on any atom is 0.330 e. The van der Waals surface area contributed by atoms with Gasteiger partial charge in [-0.2, -0.15) is 0 Å². The van der Waals surface area contributed by atoms with Crippen molar-refractivity contribution in [2.45, 2.75) is 189 Å². The van der Waals surface area contributed by atoms with Crippen LogP contribution in [0.15, 0.2) is 34.0 Å². The van der Waals surface area contributed by atoms with Crippen LogP contribution in [0.1, 0.15) is 104 Å². The molecule has 4 heterocycles. The molecule has 20 heteroatoms. The molecule has 0 spiro atoms. The number of aromatic nitrogens is 2. The highest BCUT2D eigenvalue weighted by Gasteiger charge is 2.53. The third-order valence-corrected chi connectivity index (χ3v) is 11.0. The van der Waals surface area contributed by atoms with E-state index in [2.05, 4.69) is 17.6 Å². The van der Waals surface area contributed by atoms with Crippen LogP contribution >= 0.6 is 0 Å². The zero-order chi connectivity index (χ0) is 43.2. The third kappa shape index (κ3) is 13.4.